The lowest BCUT2D eigenvalue weighted by Crippen LogP contribution is -2.34. The Morgan fingerprint density at radius 1 is 1.08 bits per heavy atom. The van der Waals surface area contributed by atoms with Gasteiger partial charge in [-0.2, -0.15) is 0 Å². The summed E-state index contributed by atoms with van der Waals surface area (Å²) < 4.78 is 5.89. The van der Waals surface area contributed by atoms with Crippen LogP contribution in [0.5, 0.6) is 0 Å². The molecule has 1 fully saturated rings. The molecule has 1 aliphatic heterocycles. The number of hydrogen-bond acceptors (Lipinski definition) is 6. The lowest BCUT2D eigenvalue weighted by molar-refractivity contribution is 0.186. The molecule has 4 heterocycles. The van der Waals surface area contributed by atoms with Gasteiger partial charge in [-0.25, -0.2) is 0 Å². The molecule has 0 bridgehead atoms. The van der Waals surface area contributed by atoms with Crippen LogP contribution in [0.4, 0.5) is 0 Å². The third-order valence-corrected chi connectivity index (χ3v) is 4.33. The van der Waals surface area contributed by atoms with Crippen LogP contribution in [0.25, 0.3) is 11.6 Å². The molecule has 1 aliphatic rings. The molecule has 0 amide bonds. The lowest BCUT2D eigenvalue weighted by Gasteiger charge is -2.30. The zero-order chi connectivity index (χ0) is 16.2. The van der Waals surface area contributed by atoms with E-state index in [-0.39, 0.29) is 5.92 Å². The maximum absolute atomic E-state index is 5.89. The SMILES string of the molecule is c1ccc(-c2nnc([C@@H]3CCCN(Cc4ccncc4)C3)o2)nc1. The average molecular weight is 321 g/mol. The fourth-order valence-electron chi connectivity index (χ4n) is 3.14. The van der Waals surface area contributed by atoms with Gasteiger partial charge >= 0.3 is 0 Å². The van der Waals surface area contributed by atoms with Crippen LogP contribution in [0.15, 0.2) is 53.3 Å². The molecule has 0 aromatic carbocycles. The number of hydrogen-bond donors (Lipinski definition) is 0. The van der Waals surface area contributed by atoms with E-state index in [4.69, 9.17) is 4.42 Å². The Bertz CT molecular complexity index is 774. The summed E-state index contributed by atoms with van der Waals surface area (Å²) in [5.74, 6) is 1.50. The number of aromatic nitrogens is 4. The van der Waals surface area contributed by atoms with E-state index in [1.54, 1.807) is 6.20 Å². The number of rotatable bonds is 4. The summed E-state index contributed by atoms with van der Waals surface area (Å²) in [6, 6.07) is 9.81. The van der Waals surface area contributed by atoms with Crippen molar-refractivity contribution < 1.29 is 4.42 Å². The molecular weight excluding hydrogens is 302 g/mol. The van der Waals surface area contributed by atoms with E-state index in [0.717, 1.165) is 44.1 Å². The van der Waals surface area contributed by atoms with Gasteiger partial charge in [0.05, 0.1) is 5.92 Å². The fraction of sp³-hybridized carbons (Fsp3) is 0.333. The molecular formula is C18H19N5O. The van der Waals surface area contributed by atoms with Gasteiger partial charge in [0.1, 0.15) is 5.69 Å². The monoisotopic (exact) mass is 321 g/mol. The van der Waals surface area contributed by atoms with Gasteiger partial charge in [-0.05, 0) is 49.2 Å². The van der Waals surface area contributed by atoms with Crippen molar-refractivity contribution in [2.24, 2.45) is 0 Å². The molecule has 3 aromatic rings. The molecule has 1 saturated heterocycles. The van der Waals surface area contributed by atoms with Gasteiger partial charge < -0.3 is 4.42 Å². The summed E-state index contributed by atoms with van der Waals surface area (Å²) in [6.07, 6.45) is 7.63. The van der Waals surface area contributed by atoms with Crippen LogP contribution in [0.1, 0.15) is 30.2 Å². The van der Waals surface area contributed by atoms with Gasteiger partial charge in [0.15, 0.2) is 0 Å². The standard InChI is InChI=1S/C18H19N5O/c1-2-8-20-16(5-1)18-22-21-17(24-18)15-4-3-11-23(13-15)12-14-6-9-19-10-7-14/h1-2,5-10,15H,3-4,11-13H2/t15-/m1/s1. The summed E-state index contributed by atoms with van der Waals surface area (Å²) in [6.45, 7) is 2.96. The van der Waals surface area contributed by atoms with E-state index in [9.17, 15) is 0 Å². The maximum Gasteiger partial charge on any atom is 0.266 e. The normalized spacial score (nSPS) is 18.6. The first-order valence-electron chi connectivity index (χ1n) is 8.24. The van der Waals surface area contributed by atoms with Crippen LogP contribution < -0.4 is 0 Å². The van der Waals surface area contributed by atoms with Crippen LogP contribution >= 0.6 is 0 Å². The van der Waals surface area contributed by atoms with Crippen molar-refractivity contribution in [3.63, 3.8) is 0 Å². The van der Waals surface area contributed by atoms with Crippen LogP contribution in [0.2, 0.25) is 0 Å². The molecule has 6 heteroatoms. The summed E-state index contributed by atoms with van der Waals surface area (Å²) in [4.78, 5) is 10.8. The number of pyridine rings is 2. The lowest BCUT2D eigenvalue weighted by atomic mass is 9.97. The Balaban J connectivity index is 1.45. The quantitative estimate of drug-likeness (QED) is 0.736. The van der Waals surface area contributed by atoms with E-state index < -0.39 is 0 Å². The van der Waals surface area contributed by atoms with E-state index in [0.29, 0.717) is 5.89 Å². The van der Waals surface area contributed by atoms with Gasteiger partial charge in [-0.15, -0.1) is 10.2 Å². The second-order valence-corrected chi connectivity index (χ2v) is 6.09. The van der Waals surface area contributed by atoms with Crippen LogP contribution in [-0.4, -0.2) is 38.2 Å². The smallest absolute Gasteiger partial charge is 0.266 e. The highest BCUT2D eigenvalue weighted by molar-refractivity contribution is 5.45. The van der Waals surface area contributed by atoms with E-state index in [1.807, 2.05) is 30.6 Å². The molecule has 0 aliphatic carbocycles. The summed E-state index contributed by atoms with van der Waals surface area (Å²) in [7, 11) is 0. The molecule has 6 nitrogen and oxygen atoms in total. The van der Waals surface area contributed by atoms with Gasteiger partial charge in [0.2, 0.25) is 5.89 Å². The third kappa shape index (κ3) is 3.33. The topological polar surface area (TPSA) is 67.9 Å². The number of nitrogens with zero attached hydrogens (tertiary/aromatic N) is 5. The highest BCUT2D eigenvalue weighted by Gasteiger charge is 2.26. The second kappa shape index (κ2) is 6.88. The van der Waals surface area contributed by atoms with Crippen molar-refractivity contribution >= 4 is 0 Å². The Morgan fingerprint density at radius 3 is 2.83 bits per heavy atom. The average Bonchev–Trinajstić information content (AvgIpc) is 3.14. The molecule has 0 spiro atoms. The summed E-state index contributed by atoms with van der Waals surface area (Å²) >= 11 is 0. The van der Waals surface area contributed by atoms with Crippen LogP contribution in [-0.2, 0) is 6.54 Å². The minimum absolute atomic E-state index is 0.283. The minimum atomic E-state index is 0.283. The van der Waals surface area contributed by atoms with Gasteiger partial charge in [0, 0.05) is 31.7 Å². The molecule has 122 valence electrons. The zero-order valence-corrected chi connectivity index (χ0v) is 13.4. The zero-order valence-electron chi connectivity index (χ0n) is 13.4. The molecule has 0 N–H and O–H groups in total. The van der Waals surface area contributed by atoms with E-state index in [2.05, 4.69) is 37.2 Å². The molecule has 0 unspecified atom stereocenters. The predicted molar refractivity (Wildman–Crippen MR) is 89.0 cm³/mol. The van der Waals surface area contributed by atoms with Crippen molar-refractivity contribution in [2.75, 3.05) is 13.1 Å². The van der Waals surface area contributed by atoms with Gasteiger partial charge in [0.25, 0.3) is 5.89 Å². The highest BCUT2D eigenvalue weighted by atomic mass is 16.4. The first-order valence-corrected chi connectivity index (χ1v) is 8.24. The van der Waals surface area contributed by atoms with Crippen molar-refractivity contribution in [3.8, 4) is 11.6 Å². The minimum Gasteiger partial charge on any atom is -0.419 e. The van der Waals surface area contributed by atoms with Crippen molar-refractivity contribution in [2.45, 2.75) is 25.3 Å². The van der Waals surface area contributed by atoms with Crippen molar-refractivity contribution in [1.29, 1.82) is 0 Å². The second-order valence-electron chi connectivity index (χ2n) is 6.09. The third-order valence-electron chi connectivity index (χ3n) is 4.33. The molecule has 3 aromatic heterocycles. The maximum atomic E-state index is 5.89. The summed E-state index contributed by atoms with van der Waals surface area (Å²) in [5.41, 5.74) is 2.01. The Labute approximate surface area is 140 Å². The Morgan fingerprint density at radius 2 is 2.00 bits per heavy atom. The molecule has 0 radical (unpaired) electrons. The van der Waals surface area contributed by atoms with E-state index >= 15 is 0 Å². The highest BCUT2D eigenvalue weighted by Crippen LogP contribution is 2.28. The predicted octanol–water partition coefficient (Wildman–Crippen LogP) is 2.91. The van der Waals surface area contributed by atoms with E-state index in [1.165, 1.54) is 5.56 Å². The van der Waals surface area contributed by atoms with Crippen molar-refractivity contribution in [3.05, 3.63) is 60.4 Å². The largest absolute Gasteiger partial charge is 0.419 e. The Kier molecular flexibility index (Phi) is 4.29. The van der Waals surface area contributed by atoms with Gasteiger partial charge in [-0.3, -0.25) is 14.9 Å². The van der Waals surface area contributed by atoms with Gasteiger partial charge in [-0.1, -0.05) is 6.07 Å². The first-order chi connectivity index (χ1) is 11.9. The number of likely N-dealkylation sites (tertiary alicyclic amines) is 1. The van der Waals surface area contributed by atoms with Crippen LogP contribution in [0.3, 0.4) is 0 Å². The Hall–Kier alpha value is -2.60. The molecule has 1 atom stereocenters. The molecule has 4 rings (SSSR count). The molecule has 24 heavy (non-hydrogen) atoms. The van der Waals surface area contributed by atoms with Crippen LogP contribution in [0, 0.1) is 0 Å². The number of piperidine rings is 1. The van der Waals surface area contributed by atoms with Crippen molar-refractivity contribution in [1.82, 2.24) is 25.1 Å². The fourth-order valence-corrected chi connectivity index (χ4v) is 3.14. The summed E-state index contributed by atoms with van der Waals surface area (Å²) in [5, 5.41) is 8.43. The molecule has 0 saturated carbocycles. The first kappa shape index (κ1) is 15.0.